The molecule has 1 aliphatic rings. The molecule has 1 N–H and O–H groups in total. The van der Waals surface area contributed by atoms with Gasteiger partial charge in [-0.25, -0.2) is 4.39 Å². The summed E-state index contributed by atoms with van der Waals surface area (Å²) in [7, 11) is 0. The van der Waals surface area contributed by atoms with Crippen molar-refractivity contribution in [2.75, 3.05) is 6.54 Å². The first-order valence-electron chi connectivity index (χ1n) is 6.35. The molecule has 108 valence electrons. The Morgan fingerprint density at radius 2 is 2.25 bits per heavy atom. The number of hydrogen-bond donors (Lipinski definition) is 1. The van der Waals surface area contributed by atoms with Crippen LogP contribution < -0.4 is 5.32 Å². The van der Waals surface area contributed by atoms with Crippen molar-refractivity contribution in [3.63, 3.8) is 0 Å². The maximum absolute atomic E-state index is 13.2. The van der Waals surface area contributed by atoms with Crippen LogP contribution in [0.5, 0.6) is 0 Å². The summed E-state index contributed by atoms with van der Waals surface area (Å²) in [6, 6.07) is 2.88. The molecule has 0 aliphatic heterocycles. The molecule has 1 aromatic rings. The molecule has 0 aromatic heterocycles. The Hall–Kier alpha value is -1.50. The van der Waals surface area contributed by atoms with E-state index >= 15 is 0 Å². The van der Waals surface area contributed by atoms with Crippen molar-refractivity contribution in [3.05, 3.63) is 39.7 Å². The molecule has 20 heavy (non-hydrogen) atoms. The number of rotatable bonds is 4. The minimum absolute atomic E-state index is 0.237. The van der Waals surface area contributed by atoms with E-state index in [4.69, 9.17) is 0 Å². The van der Waals surface area contributed by atoms with E-state index in [1.54, 1.807) is 0 Å². The van der Waals surface area contributed by atoms with E-state index in [-0.39, 0.29) is 11.3 Å². The topological polar surface area (TPSA) is 72.2 Å². The van der Waals surface area contributed by atoms with Gasteiger partial charge in [-0.1, -0.05) is 22.4 Å². The van der Waals surface area contributed by atoms with Gasteiger partial charge in [-0.2, -0.15) is 0 Å². The molecule has 0 saturated heterocycles. The summed E-state index contributed by atoms with van der Waals surface area (Å²) < 4.78 is 13.2. The van der Waals surface area contributed by atoms with Crippen LogP contribution in [0.25, 0.3) is 0 Å². The Balaban J connectivity index is 2.08. The van der Waals surface area contributed by atoms with Crippen LogP contribution in [0.2, 0.25) is 0 Å². The maximum Gasteiger partial charge on any atom is 0.282 e. The molecule has 2 rings (SSSR count). The van der Waals surface area contributed by atoms with Crippen LogP contribution in [0.3, 0.4) is 0 Å². The van der Waals surface area contributed by atoms with Crippen LogP contribution >= 0.6 is 15.9 Å². The fourth-order valence-corrected chi connectivity index (χ4v) is 3.16. The lowest BCUT2D eigenvalue weighted by Gasteiger charge is -2.14. The monoisotopic (exact) mass is 344 g/mol. The lowest BCUT2D eigenvalue weighted by atomic mass is 10.1. The van der Waals surface area contributed by atoms with Gasteiger partial charge in [0, 0.05) is 17.4 Å². The summed E-state index contributed by atoms with van der Waals surface area (Å²) in [5.41, 5.74) is -0.621. The third-order valence-corrected chi connectivity index (χ3v) is 4.70. The maximum atomic E-state index is 13.2. The zero-order chi connectivity index (χ0) is 14.7. The van der Waals surface area contributed by atoms with E-state index in [1.165, 1.54) is 0 Å². The number of halogens is 2. The van der Waals surface area contributed by atoms with Gasteiger partial charge in [-0.3, -0.25) is 14.9 Å². The number of nitro benzene ring substituents is 1. The highest BCUT2D eigenvalue weighted by Gasteiger charge is 2.26. The largest absolute Gasteiger partial charge is 0.351 e. The Labute approximate surface area is 123 Å². The molecule has 1 fully saturated rings. The molecule has 0 bridgehead atoms. The van der Waals surface area contributed by atoms with Crippen LogP contribution in [-0.2, 0) is 0 Å². The molecule has 1 amide bonds. The van der Waals surface area contributed by atoms with E-state index < -0.39 is 16.6 Å². The molecule has 1 aliphatic carbocycles. The van der Waals surface area contributed by atoms with Gasteiger partial charge in [0.25, 0.3) is 11.6 Å². The fourth-order valence-electron chi connectivity index (χ4n) is 2.39. The minimum atomic E-state index is -0.683. The second-order valence-corrected chi connectivity index (χ2v) is 6.01. The molecule has 0 heterocycles. The first-order chi connectivity index (χ1) is 9.49. The van der Waals surface area contributed by atoms with E-state index in [9.17, 15) is 19.3 Å². The normalized spacial score (nSPS) is 21.7. The van der Waals surface area contributed by atoms with Gasteiger partial charge < -0.3 is 5.32 Å². The van der Waals surface area contributed by atoms with Crippen molar-refractivity contribution in [2.24, 2.45) is 5.92 Å². The molecule has 2 atom stereocenters. The van der Waals surface area contributed by atoms with Gasteiger partial charge in [0.1, 0.15) is 11.4 Å². The van der Waals surface area contributed by atoms with Crippen LogP contribution in [0.1, 0.15) is 29.6 Å². The molecule has 1 aromatic carbocycles. The summed E-state index contributed by atoms with van der Waals surface area (Å²) in [6.07, 6.45) is 3.15. The third-order valence-electron chi connectivity index (χ3n) is 3.49. The molecule has 2 unspecified atom stereocenters. The van der Waals surface area contributed by atoms with E-state index in [0.717, 1.165) is 37.5 Å². The van der Waals surface area contributed by atoms with Gasteiger partial charge in [-0.05, 0) is 30.9 Å². The first kappa shape index (κ1) is 14.9. The number of alkyl halides is 1. The summed E-state index contributed by atoms with van der Waals surface area (Å²) in [5, 5.41) is 13.5. The van der Waals surface area contributed by atoms with Crippen LogP contribution in [0.4, 0.5) is 10.1 Å². The Morgan fingerprint density at radius 1 is 1.50 bits per heavy atom. The van der Waals surface area contributed by atoms with Gasteiger partial charge >= 0.3 is 0 Å². The zero-order valence-corrected chi connectivity index (χ0v) is 12.2. The van der Waals surface area contributed by atoms with Crippen molar-refractivity contribution in [3.8, 4) is 0 Å². The molecular weight excluding hydrogens is 331 g/mol. The van der Waals surface area contributed by atoms with Gasteiger partial charge in [0.2, 0.25) is 0 Å². The third kappa shape index (κ3) is 3.33. The molecule has 0 radical (unpaired) electrons. The van der Waals surface area contributed by atoms with Gasteiger partial charge in [0.05, 0.1) is 4.92 Å². The lowest BCUT2D eigenvalue weighted by molar-refractivity contribution is -0.385. The number of nitrogens with one attached hydrogen (secondary N) is 1. The Morgan fingerprint density at radius 3 is 2.85 bits per heavy atom. The number of hydrogen-bond acceptors (Lipinski definition) is 3. The van der Waals surface area contributed by atoms with E-state index in [2.05, 4.69) is 21.2 Å². The number of benzene rings is 1. The minimum Gasteiger partial charge on any atom is -0.351 e. The summed E-state index contributed by atoms with van der Waals surface area (Å²) in [4.78, 5) is 22.5. The average molecular weight is 345 g/mol. The zero-order valence-electron chi connectivity index (χ0n) is 10.6. The second kappa shape index (κ2) is 6.30. The van der Waals surface area contributed by atoms with Crippen molar-refractivity contribution >= 4 is 27.5 Å². The van der Waals surface area contributed by atoms with Gasteiger partial charge in [0.15, 0.2) is 0 Å². The number of amides is 1. The van der Waals surface area contributed by atoms with Crippen LogP contribution in [-0.4, -0.2) is 22.2 Å². The molecular formula is C13H14BrFN2O3. The number of nitrogens with zero attached hydrogens (tertiary/aromatic N) is 1. The van der Waals surface area contributed by atoms with Gasteiger partial charge in [-0.15, -0.1) is 0 Å². The fraction of sp³-hybridized carbons (Fsp3) is 0.462. The van der Waals surface area contributed by atoms with Crippen molar-refractivity contribution in [1.82, 2.24) is 5.32 Å². The van der Waals surface area contributed by atoms with Crippen molar-refractivity contribution in [1.29, 1.82) is 0 Å². The number of carbonyl (C=O) groups is 1. The molecule has 7 heteroatoms. The van der Waals surface area contributed by atoms with E-state index in [1.807, 2.05) is 0 Å². The second-order valence-electron chi connectivity index (χ2n) is 4.84. The van der Waals surface area contributed by atoms with Crippen LogP contribution in [0.15, 0.2) is 18.2 Å². The van der Waals surface area contributed by atoms with E-state index in [0.29, 0.717) is 17.3 Å². The van der Waals surface area contributed by atoms with Crippen molar-refractivity contribution in [2.45, 2.75) is 24.1 Å². The molecule has 5 nitrogen and oxygen atoms in total. The summed E-state index contributed by atoms with van der Waals surface area (Å²) in [5.74, 6) is -0.964. The average Bonchev–Trinajstić information content (AvgIpc) is 2.81. The predicted octanol–water partition coefficient (Wildman–Crippen LogP) is 3.03. The number of carbonyl (C=O) groups excluding carboxylic acids is 1. The standard InChI is InChI=1S/C13H14BrFN2O3/c14-11-3-1-2-8(11)7-16-13(18)10-6-9(15)4-5-12(10)17(19)20/h4-6,8,11H,1-3,7H2,(H,16,18). The Kier molecular flexibility index (Phi) is 4.69. The van der Waals surface area contributed by atoms with Crippen LogP contribution in [0, 0.1) is 21.8 Å². The smallest absolute Gasteiger partial charge is 0.282 e. The Bertz CT molecular complexity index is 538. The van der Waals surface area contributed by atoms with Crippen molar-refractivity contribution < 1.29 is 14.1 Å². The lowest BCUT2D eigenvalue weighted by Crippen LogP contribution is -2.31. The highest BCUT2D eigenvalue weighted by molar-refractivity contribution is 9.09. The highest BCUT2D eigenvalue weighted by Crippen LogP contribution is 2.31. The summed E-state index contributed by atoms with van der Waals surface area (Å²) >= 11 is 3.54. The SMILES string of the molecule is O=C(NCC1CCCC1Br)c1cc(F)ccc1[N+](=O)[O-]. The quantitative estimate of drug-likeness (QED) is 0.518. The summed E-state index contributed by atoms with van der Waals surface area (Å²) in [6.45, 7) is 0.433. The molecule has 1 saturated carbocycles. The molecule has 0 spiro atoms. The predicted molar refractivity (Wildman–Crippen MR) is 75.4 cm³/mol. The number of nitro groups is 1. The first-order valence-corrected chi connectivity index (χ1v) is 7.27. The highest BCUT2D eigenvalue weighted by atomic mass is 79.9.